The van der Waals surface area contributed by atoms with Gasteiger partial charge < -0.3 is 9.64 Å². The van der Waals surface area contributed by atoms with E-state index < -0.39 is 0 Å². The Morgan fingerprint density at radius 1 is 1.18 bits per heavy atom. The van der Waals surface area contributed by atoms with Gasteiger partial charge in [0.1, 0.15) is 5.75 Å². The lowest BCUT2D eigenvalue weighted by Gasteiger charge is -2.16. The fraction of sp³-hybridized carbons (Fsp3) is 0.231. The molecule has 0 saturated carbocycles. The van der Waals surface area contributed by atoms with Crippen molar-refractivity contribution in [3.8, 4) is 5.75 Å². The van der Waals surface area contributed by atoms with Crippen LogP contribution in [-0.4, -0.2) is 24.1 Å². The number of hydrogen-bond donors (Lipinski definition) is 0. The zero-order valence-corrected chi connectivity index (χ0v) is 10.00. The summed E-state index contributed by atoms with van der Waals surface area (Å²) in [5.41, 5.74) is 1.17. The van der Waals surface area contributed by atoms with E-state index in [-0.39, 0.29) is 0 Å². The Bertz CT molecular complexity index is 473. The monoisotopic (exact) mass is 229 g/mol. The Balaban J connectivity index is 2.10. The zero-order chi connectivity index (χ0) is 12.1. The molecular weight excluding hydrogens is 214 g/mol. The number of nitrogens with zero attached hydrogens (tertiary/aromatic N) is 3. The molecule has 0 spiro atoms. The molecule has 0 radical (unpaired) electrons. The summed E-state index contributed by atoms with van der Waals surface area (Å²) in [6.45, 7) is 0.751. The van der Waals surface area contributed by atoms with Crippen LogP contribution in [0.15, 0.2) is 42.7 Å². The molecule has 1 aromatic heterocycles. The molecule has 0 aliphatic heterocycles. The molecule has 0 amide bonds. The molecule has 88 valence electrons. The van der Waals surface area contributed by atoms with Crippen LogP contribution in [0.5, 0.6) is 5.75 Å². The number of rotatable bonds is 4. The van der Waals surface area contributed by atoms with Crippen LogP contribution >= 0.6 is 0 Å². The first-order chi connectivity index (χ1) is 8.29. The van der Waals surface area contributed by atoms with Crippen LogP contribution in [-0.2, 0) is 6.54 Å². The summed E-state index contributed by atoms with van der Waals surface area (Å²) in [6, 6.07) is 9.79. The molecule has 0 unspecified atom stereocenters. The summed E-state index contributed by atoms with van der Waals surface area (Å²) in [5, 5.41) is 0. The topological polar surface area (TPSA) is 38.2 Å². The van der Waals surface area contributed by atoms with E-state index in [9.17, 15) is 0 Å². The summed E-state index contributed by atoms with van der Waals surface area (Å²) < 4.78 is 5.19. The van der Waals surface area contributed by atoms with Crippen LogP contribution in [0.25, 0.3) is 0 Å². The van der Waals surface area contributed by atoms with E-state index in [1.807, 2.05) is 36.2 Å². The third-order valence-corrected chi connectivity index (χ3v) is 2.45. The Labute approximate surface area is 101 Å². The molecule has 17 heavy (non-hydrogen) atoms. The summed E-state index contributed by atoms with van der Waals surface area (Å²) in [5.74, 6) is 1.58. The Morgan fingerprint density at radius 3 is 2.65 bits per heavy atom. The highest BCUT2D eigenvalue weighted by molar-refractivity contribution is 5.33. The first kappa shape index (κ1) is 11.4. The van der Waals surface area contributed by atoms with Crippen molar-refractivity contribution < 1.29 is 4.74 Å². The molecule has 2 aromatic rings. The van der Waals surface area contributed by atoms with E-state index in [1.54, 1.807) is 19.5 Å². The van der Waals surface area contributed by atoms with Crippen LogP contribution in [0.4, 0.5) is 5.95 Å². The van der Waals surface area contributed by atoms with Crippen molar-refractivity contribution in [1.29, 1.82) is 0 Å². The van der Waals surface area contributed by atoms with Gasteiger partial charge in [-0.15, -0.1) is 0 Å². The summed E-state index contributed by atoms with van der Waals surface area (Å²) in [6.07, 6.45) is 3.48. The highest BCUT2D eigenvalue weighted by Gasteiger charge is 2.04. The van der Waals surface area contributed by atoms with Gasteiger partial charge in [-0.3, -0.25) is 0 Å². The molecule has 4 heteroatoms. The summed E-state index contributed by atoms with van der Waals surface area (Å²) in [7, 11) is 3.64. The quantitative estimate of drug-likeness (QED) is 0.805. The van der Waals surface area contributed by atoms with E-state index in [0.29, 0.717) is 0 Å². The highest BCUT2D eigenvalue weighted by atomic mass is 16.5. The lowest BCUT2D eigenvalue weighted by Crippen LogP contribution is -2.18. The molecule has 1 heterocycles. The fourth-order valence-corrected chi connectivity index (χ4v) is 1.60. The Morgan fingerprint density at radius 2 is 1.94 bits per heavy atom. The van der Waals surface area contributed by atoms with Crippen molar-refractivity contribution in [2.24, 2.45) is 0 Å². The van der Waals surface area contributed by atoms with Crippen molar-refractivity contribution >= 4 is 5.95 Å². The van der Waals surface area contributed by atoms with Gasteiger partial charge in [0.15, 0.2) is 0 Å². The SMILES string of the molecule is COc1cccc(CN(C)c2ncccn2)c1. The van der Waals surface area contributed by atoms with Crippen LogP contribution < -0.4 is 9.64 Å². The molecule has 0 fully saturated rings. The predicted molar refractivity (Wildman–Crippen MR) is 67.1 cm³/mol. The molecule has 0 atom stereocenters. The van der Waals surface area contributed by atoms with Gasteiger partial charge in [0.05, 0.1) is 7.11 Å². The minimum Gasteiger partial charge on any atom is -0.497 e. The van der Waals surface area contributed by atoms with Crippen molar-refractivity contribution in [3.63, 3.8) is 0 Å². The van der Waals surface area contributed by atoms with Gasteiger partial charge in [0.25, 0.3) is 0 Å². The molecule has 0 aliphatic rings. The minimum absolute atomic E-state index is 0.718. The number of benzene rings is 1. The van der Waals surface area contributed by atoms with Gasteiger partial charge >= 0.3 is 0 Å². The van der Waals surface area contributed by atoms with Gasteiger partial charge in [0.2, 0.25) is 5.95 Å². The smallest absolute Gasteiger partial charge is 0.225 e. The molecule has 0 aliphatic carbocycles. The average molecular weight is 229 g/mol. The maximum absolute atomic E-state index is 5.19. The first-order valence-corrected chi connectivity index (χ1v) is 5.40. The van der Waals surface area contributed by atoms with Crippen LogP contribution in [0, 0.1) is 0 Å². The second-order valence-corrected chi connectivity index (χ2v) is 3.76. The minimum atomic E-state index is 0.718. The highest BCUT2D eigenvalue weighted by Crippen LogP contribution is 2.15. The van der Waals surface area contributed by atoms with E-state index in [4.69, 9.17) is 4.74 Å². The van der Waals surface area contributed by atoms with Crippen molar-refractivity contribution in [1.82, 2.24) is 9.97 Å². The number of ether oxygens (including phenoxy) is 1. The van der Waals surface area contributed by atoms with E-state index in [2.05, 4.69) is 16.0 Å². The third-order valence-electron chi connectivity index (χ3n) is 2.45. The Kier molecular flexibility index (Phi) is 3.55. The maximum Gasteiger partial charge on any atom is 0.225 e. The molecule has 2 rings (SSSR count). The van der Waals surface area contributed by atoms with E-state index in [0.717, 1.165) is 18.2 Å². The maximum atomic E-state index is 5.19. The van der Waals surface area contributed by atoms with Gasteiger partial charge in [0, 0.05) is 26.0 Å². The molecule has 0 N–H and O–H groups in total. The van der Waals surface area contributed by atoms with Gasteiger partial charge in [-0.2, -0.15) is 0 Å². The molecular formula is C13H15N3O. The van der Waals surface area contributed by atoms with E-state index in [1.165, 1.54) is 5.56 Å². The van der Waals surface area contributed by atoms with Crippen LogP contribution in [0.3, 0.4) is 0 Å². The molecule has 0 bridgehead atoms. The fourth-order valence-electron chi connectivity index (χ4n) is 1.60. The average Bonchev–Trinajstić information content (AvgIpc) is 2.40. The molecule has 1 aromatic carbocycles. The number of methoxy groups -OCH3 is 1. The largest absolute Gasteiger partial charge is 0.497 e. The normalized spacial score (nSPS) is 10.0. The van der Waals surface area contributed by atoms with Gasteiger partial charge in [-0.05, 0) is 23.8 Å². The zero-order valence-electron chi connectivity index (χ0n) is 10.00. The van der Waals surface area contributed by atoms with Crippen molar-refractivity contribution in [2.75, 3.05) is 19.1 Å². The summed E-state index contributed by atoms with van der Waals surface area (Å²) >= 11 is 0. The number of hydrogen-bond acceptors (Lipinski definition) is 4. The second kappa shape index (κ2) is 5.30. The lowest BCUT2D eigenvalue weighted by molar-refractivity contribution is 0.414. The standard InChI is InChI=1S/C13H15N3O/c1-16(13-14-7-4-8-15-13)10-11-5-3-6-12(9-11)17-2/h3-9H,10H2,1-2H3. The van der Waals surface area contributed by atoms with Gasteiger partial charge in [-0.25, -0.2) is 9.97 Å². The van der Waals surface area contributed by atoms with Crippen LogP contribution in [0.1, 0.15) is 5.56 Å². The Hall–Kier alpha value is -2.10. The first-order valence-electron chi connectivity index (χ1n) is 5.40. The molecule has 4 nitrogen and oxygen atoms in total. The number of aromatic nitrogens is 2. The molecule has 0 saturated heterocycles. The van der Waals surface area contributed by atoms with Crippen molar-refractivity contribution in [2.45, 2.75) is 6.54 Å². The predicted octanol–water partition coefficient (Wildman–Crippen LogP) is 2.12. The van der Waals surface area contributed by atoms with Crippen LogP contribution in [0.2, 0.25) is 0 Å². The number of anilines is 1. The van der Waals surface area contributed by atoms with Gasteiger partial charge in [-0.1, -0.05) is 12.1 Å². The summed E-state index contributed by atoms with van der Waals surface area (Å²) in [4.78, 5) is 10.4. The van der Waals surface area contributed by atoms with Crippen molar-refractivity contribution in [3.05, 3.63) is 48.3 Å². The third kappa shape index (κ3) is 2.93. The van der Waals surface area contributed by atoms with E-state index >= 15 is 0 Å². The second-order valence-electron chi connectivity index (χ2n) is 3.76. The lowest BCUT2D eigenvalue weighted by atomic mass is 10.2.